The molecule has 2 aromatic carbocycles. The molecule has 0 aliphatic heterocycles. The summed E-state index contributed by atoms with van der Waals surface area (Å²) in [5.41, 5.74) is 3.21. The number of methoxy groups -OCH3 is 1. The van der Waals surface area contributed by atoms with Crippen LogP contribution < -0.4 is 20.2 Å². The van der Waals surface area contributed by atoms with E-state index in [2.05, 4.69) is 21.8 Å². The van der Waals surface area contributed by atoms with Crippen molar-refractivity contribution in [1.82, 2.24) is 10.7 Å². The maximum atomic E-state index is 12.7. The molecule has 2 N–H and O–H groups in total. The zero-order valence-electron chi connectivity index (χ0n) is 17.8. The van der Waals surface area contributed by atoms with Gasteiger partial charge in [0.15, 0.2) is 11.5 Å². The molecule has 168 valence electrons. The predicted octanol–water partition coefficient (Wildman–Crippen LogP) is 3.92. The second-order valence-corrected chi connectivity index (χ2v) is 7.77. The Morgan fingerprint density at radius 1 is 1.25 bits per heavy atom. The van der Waals surface area contributed by atoms with E-state index < -0.39 is 17.9 Å². The number of benzene rings is 2. The molecule has 0 aliphatic rings. The summed E-state index contributed by atoms with van der Waals surface area (Å²) in [7, 11) is 1.50. The van der Waals surface area contributed by atoms with Crippen molar-refractivity contribution < 1.29 is 19.1 Å². The van der Waals surface area contributed by atoms with Gasteiger partial charge >= 0.3 is 0 Å². The van der Waals surface area contributed by atoms with Crippen molar-refractivity contribution in [3.63, 3.8) is 0 Å². The van der Waals surface area contributed by atoms with Crippen molar-refractivity contribution in [3.05, 3.63) is 57.6 Å². The highest BCUT2D eigenvalue weighted by Gasteiger charge is 2.25. The number of ether oxygens (including phenoxy) is 2. The lowest BCUT2D eigenvalue weighted by molar-refractivity contribution is -0.123. The van der Waals surface area contributed by atoms with Crippen LogP contribution in [-0.4, -0.2) is 37.8 Å². The molecule has 0 saturated heterocycles. The van der Waals surface area contributed by atoms with Crippen LogP contribution in [0.15, 0.2) is 41.5 Å². The molecule has 0 bridgehead atoms. The number of terminal acetylenes is 1. The third-order valence-corrected chi connectivity index (χ3v) is 4.87. The minimum absolute atomic E-state index is 0.0439. The van der Waals surface area contributed by atoms with Crippen LogP contribution in [0.2, 0.25) is 10.0 Å². The molecule has 2 amide bonds. The highest BCUT2D eigenvalue weighted by molar-refractivity contribution is 6.36. The minimum atomic E-state index is -0.853. The van der Waals surface area contributed by atoms with Gasteiger partial charge in [-0.2, -0.15) is 5.10 Å². The Labute approximate surface area is 197 Å². The van der Waals surface area contributed by atoms with E-state index in [0.29, 0.717) is 22.1 Å². The second kappa shape index (κ2) is 12.0. The summed E-state index contributed by atoms with van der Waals surface area (Å²) in [6.07, 6.45) is 6.67. The van der Waals surface area contributed by atoms with Gasteiger partial charge in [0.25, 0.3) is 11.8 Å². The van der Waals surface area contributed by atoms with Crippen molar-refractivity contribution in [1.29, 1.82) is 0 Å². The smallest absolute Gasteiger partial charge is 0.262 e. The van der Waals surface area contributed by atoms with Crippen LogP contribution >= 0.6 is 23.2 Å². The molecule has 9 heteroatoms. The van der Waals surface area contributed by atoms with Gasteiger partial charge in [0.2, 0.25) is 0 Å². The van der Waals surface area contributed by atoms with Crippen molar-refractivity contribution in [2.24, 2.45) is 11.0 Å². The first kappa shape index (κ1) is 25.1. The first-order valence-corrected chi connectivity index (χ1v) is 10.4. The molecule has 2 aromatic rings. The van der Waals surface area contributed by atoms with E-state index in [1.54, 1.807) is 38.1 Å². The van der Waals surface area contributed by atoms with Gasteiger partial charge in [-0.1, -0.05) is 49.0 Å². The average Bonchev–Trinajstić information content (AvgIpc) is 2.75. The van der Waals surface area contributed by atoms with Crippen LogP contribution in [0.1, 0.15) is 29.8 Å². The number of hydrazone groups is 1. The van der Waals surface area contributed by atoms with Crippen LogP contribution in [0, 0.1) is 18.3 Å². The minimum Gasteiger partial charge on any atom is -0.493 e. The molecular weight excluding hydrogens is 453 g/mol. The van der Waals surface area contributed by atoms with E-state index in [9.17, 15) is 9.59 Å². The third-order valence-electron chi connectivity index (χ3n) is 4.32. The Hall–Kier alpha value is -3.21. The number of nitrogens with zero attached hydrogens (tertiary/aromatic N) is 1. The van der Waals surface area contributed by atoms with Crippen molar-refractivity contribution in [2.75, 3.05) is 13.7 Å². The number of amides is 2. The summed E-state index contributed by atoms with van der Waals surface area (Å²) in [5.74, 6) is 2.05. The molecule has 2 rings (SSSR count). The Bertz CT molecular complexity index is 1050. The van der Waals surface area contributed by atoms with Crippen LogP contribution in [0.5, 0.6) is 11.5 Å². The van der Waals surface area contributed by atoms with Gasteiger partial charge in [0.1, 0.15) is 12.6 Å². The van der Waals surface area contributed by atoms with E-state index in [-0.39, 0.29) is 23.1 Å². The quantitative estimate of drug-likeness (QED) is 0.326. The number of nitrogens with one attached hydrogen (secondary N) is 2. The van der Waals surface area contributed by atoms with Crippen LogP contribution in [-0.2, 0) is 4.79 Å². The summed E-state index contributed by atoms with van der Waals surface area (Å²) < 4.78 is 10.8. The van der Waals surface area contributed by atoms with Crippen LogP contribution in [0.25, 0.3) is 0 Å². The first-order valence-electron chi connectivity index (χ1n) is 9.60. The molecule has 7 nitrogen and oxygen atoms in total. The van der Waals surface area contributed by atoms with Gasteiger partial charge in [0, 0.05) is 10.6 Å². The van der Waals surface area contributed by atoms with E-state index in [1.165, 1.54) is 25.5 Å². The highest BCUT2D eigenvalue weighted by atomic mass is 35.5. The van der Waals surface area contributed by atoms with Crippen molar-refractivity contribution in [2.45, 2.75) is 19.9 Å². The summed E-state index contributed by atoms with van der Waals surface area (Å²) in [6.45, 7) is 3.64. The Morgan fingerprint density at radius 2 is 2.00 bits per heavy atom. The van der Waals surface area contributed by atoms with Gasteiger partial charge in [-0.25, -0.2) is 5.43 Å². The fourth-order valence-electron chi connectivity index (χ4n) is 2.73. The average molecular weight is 476 g/mol. The molecule has 32 heavy (non-hydrogen) atoms. The zero-order chi connectivity index (χ0) is 23.7. The molecule has 0 aliphatic carbocycles. The summed E-state index contributed by atoms with van der Waals surface area (Å²) in [6, 6.07) is 8.84. The Balaban J connectivity index is 2.13. The second-order valence-electron chi connectivity index (χ2n) is 6.92. The monoisotopic (exact) mass is 475 g/mol. The lowest BCUT2D eigenvalue weighted by atomic mass is 10.0. The molecular formula is C23H23Cl2N3O4. The van der Waals surface area contributed by atoms with Crippen molar-refractivity contribution in [3.8, 4) is 23.8 Å². The Kier molecular flexibility index (Phi) is 9.39. The molecule has 0 fully saturated rings. The molecule has 0 radical (unpaired) electrons. The molecule has 0 aromatic heterocycles. The third kappa shape index (κ3) is 6.64. The highest BCUT2D eigenvalue weighted by Crippen LogP contribution is 2.30. The molecule has 0 saturated carbocycles. The van der Waals surface area contributed by atoms with E-state index in [4.69, 9.17) is 39.1 Å². The summed E-state index contributed by atoms with van der Waals surface area (Å²) in [4.78, 5) is 25.3. The van der Waals surface area contributed by atoms with Crippen LogP contribution in [0.3, 0.4) is 0 Å². The number of hydrogen-bond acceptors (Lipinski definition) is 5. The first-order chi connectivity index (χ1) is 15.3. The lowest BCUT2D eigenvalue weighted by Crippen LogP contribution is -2.48. The van der Waals surface area contributed by atoms with Gasteiger partial charge in [-0.05, 0) is 36.2 Å². The fourth-order valence-corrected chi connectivity index (χ4v) is 3.22. The number of rotatable bonds is 9. The van der Waals surface area contributed by atoms with Gasteiger partial charge in [0.05, 0.1) is 23.9 Å². The summed E-state index contributed by atoms with van der Waals surface area (Å²) in [5, 5.41) is 7.26. The normalized spacial score (nSPS) is 11.7. The lowest BCUT2D eigenvalue weighted by Gasteiger charge is -2.20. The topological polar surface area (TPSA) is 89.0 Å². The van der Waals surface area contributed by atoms with Crippen molar-refractivity contribution >= 4 is 41.2 Å². The van der Waals surface area contributed by atoms with E-state index in [0.717, 1.165) is 0 Å². The number of halogens is 2. The largest absolute Gasteiger partial charge is 0.493 e. The van der Waals surface area contributed by atoms with E-state index in [1.807, 2.05) is 0 Å². The fraction of sp³-hybridized carbons (Fsp3) is 0.261. The van der Waals surface area contributed by atoms with Gasteiger partial charge in [-0.3, -0.25) is 9.59 Å². The number of hydrogen-bond donors (Lipinski definition) is 2. The SMILES string of the molecule is C#CCOc1c(/C=N/NC(=O)C(NC(=O)c2ccc(Cl)cc2Cl)C(C)C)cccc1OC. The molecule has 1 unspecified atom stereocenters. The van der Waals surface area contributed by atoms with Gasteiger partial charge < -0.3 is 14.8 Å². The number of para-hydroxylation sites is 1. The predicted molar refractivity (Wildman–Crippen MR) is 126 cm³/mol. The standard InChI is InChI=1S/C23H23Cl2N3O4/c1-5-11-32-21-15(7-6-8-19(21)31-4)13-26-28-23(30)20(14(2)3)27-22(29)17-10-9-16(24)12-18(17)25/h1,6-10,12-14,20H,11H2,2-4H3,(H,27,29)(H,28,30)/b26-13+. The maximum absolute atomic E-state index is 12.7. The molecule has 0 heterocycles. The Morgan fingerprint density at radius 3 is 2.62 bits per heavy atom. The molecule has 1 atom stereocenters. The number of carbonyl (C=O) groups excluding carboxylic acids is 2. The summed E-state index contributed by atoms with van der Waals surface area (Å²) >= 11 is 12.0. The maximum Gasteiger partial charge on any atom is 0.262 e. The van der Waals surface area contributed by atoms with Gasteiger partial charge in [-0.15, -0.1) is 6.42 Å². The zero-order valence-corrected chi connectivity index (χ0v) is 19.3. The number of carbonyl (C=O) groups is 2. The van der Waals surface area contributed by atoms with E-state index >= 15 is 0 Å². The molecule has 0 spiro atoms. The van der Waals surface area contributed by atoms with Crippen LogP contribution in [0.4, 0.5) is 0 Å².